The van der Waals surface area contributed by atoms with Crippen LogP contribution >= 0.6 is 0 Å². The van der Waals surface area contributed by atoms with Gasteiger partial charge < -0.3 is 14.6 Å². The van der Waals surface area contributed by atoms with E-state index in [4.69, 9.17) is 14.6 Å². The molecule has 0 radical (unpaired) electrons. The zero-order valence-electron chi connectivity index (χ0n) is 22.6. The van der Waals surface area contributed by atoms with Crippen LogP contribution in [0.5, 0.6) is 0 Å². The number of Topliss-reactive ketones (excluding diaryl/α,β-unsaturated/α-hetero) is 2. The first-order valence-corrected chi connectivity index (χ1v) is 14.0. The summed E-state index contributed by atoms with van der Waals surface area (Å²) in [5, 5.41) is 8.81. The molecular weight excluding hydrogens is 476 g/mol. The Balaban J connectivity index is 1.48. The van der Waals surface area contributed by atoms with Gasteiger partial charge in [0.05, 0.1) is 20.0 Å². The molecular formula is C29H42O8. The Morgan fingerprint density at radius 2 is 1.73 bits per heavy atom. The summed E-state index contributed by atoms with van der Waals surface area (Å²) in [4.78, 5) is 62.2. The number of carboxylic acid groups (broad SMARTS) is 1. The van der Waals surface area contributed by atoms with Gasteiger partial charge in [0.2, 0.25) is 0 Å². The van der Waals surface area contributed by atoms with Gasteiger partial charge in [-0.05, 0) is 73.5 Å². The van der Waals surface area contributed by atoms with Crippen molar-refractivity contribution >= 4 is 29.5 Å². The van der Waals surface area contributed by atoms with Crippen LogP contribution in [0.15, 0.2) is 0 Å². The highest BCUT2D eigenvalue weighted by Gasteiger charge is 2.66. The molecule has 0 heterocycles. The number of carbonyl (C=O) groups excluding carboxylic acids is 4. The quantitative estimate of drug-likeness (QED) is 0.470. The lowest BCUT2D eigenvalue weighted by Gasteiger charge is -2.59. The number of esters is 2. The molecule has 37 heavy (non-hydrogen) atoms. The molecule has 206 valence electrons. The van der Waals surface area contributed by atoms with E-state index in [0.717, 1.165) is 19.3 Å². The summed E-state index contributed by atoms with van der Waals surface area (Å²) in [6.45, 7) is 6.43. The smallest absolute Gasteiger partial charge is 0.306 e. The molecule has 8 heteroatoms. The minimum Gasteiger partial charge on any atom is -0.481 e. The molecule has 0 amide bonds. The summed E-state index contributed by atoms with van der Waals surface area (Å²) in [5.41, 5.74) is -0.694. The third kappa shape index (κ3) is 4.97. The van der Waals surface area contributed by atoms with Crippen molar-refractivity contribution < 1.29 is 38.6 Å². The van der Waals surface area contributed by atoms with Crippen LogP contribution in [0, 0.1) is 46.3 Å². The largest absolute Gasteiger partial charge is 0.481 e. The Kier molecular flexibility index (Phi) is 7.87. The maximum absolute atomic E-state index is 13.9. The first kappa shape index (κ1) is 27.8. The molecule has 0 aromatic heterocycles. The standard InChI is InChI=1S/C29H42O8/c1-16(5-9-25(34)36-4)19-6-7-20-27-21(15-23(31)29(19,20)3)28(2)12-11-18(13-17(28)14-22(27)30)37-26(35)10-8-24(32)33/h16-21,27H,5-15H2,1-4H3,(H,32,33)/t16-,17+,18-,19-,20+,21-,27-,28+,29-/m1/s1. The summed E-state index contributed by atoms with van der Waals surface area (Å²) in [6.07, 6.45) is 5.01. The molecule has 0 aromatic carbocycles. The van der Waals surface area contributed by atoms with Crippen LogP contribution in [-0.2, 0) is 33.4 Å². The second-order valence-corrected chi connectivity index (χ2v) is 12.6. The summed E-state index contributed by atoms with van der Waals surface area (Å²) < 4.78 is 10.4. The second kappa shape index (κ2) is 10.5. The number of hydrogen-bond donors (Lipinski definition) is 1. The van der Waals surface area contributed by atoms with Crippen molar-refractivity contribution in [2.45, 2.75) is 97.5 Å². The van der Waals surface area contributed by atoms with E-state index in [9.17, 15) is 24.0 Å². The minimum absolute atomic E-state index is 0.0112. The maximum Gasteiger partial charge on any atom is 0.306 e. The van der Waals surface area contributed by atoms with Crippen LogP contribution in [-0.4, -0.2) is 47.8 Å². The van der Waals surface area contributed by atoms with Crippen LogP contribution in [0.4, 0.5) is 0 Å². The molecule has 0 saturated heterocycles. The molecule has 9 atom stereocenters. The van der Waals surface area contributed by atoms with Crippen LogP contribution in [0.25, 0.3) is 0 Å². The van der Waals surface area contributed by atoms with Crippen molar-refractivity contribution in [1.82, 2.24) is 0 Å². The molecule has 4 rings (SSSR count). The zero-order chi connectivity index (χ0) is 27.1. The number of carbonyl (C=O) groups is 5. The first-order valence-electron chi connectivity index (χ1n) is 14.0. The Morgan fingerprint density at radius 1 is 1.00 bits per heavy atom. The molecule has 4 aliphatic rings. The van der Waals surface area contributed by atoms with E-state index >= 15 is 0 Å². The van der Waals surface area contributed by atoms with E-state index in [-0.39, 0.29) is 77.4 Å². The van der Waals surface area contributed by atoms with Crippen molar-refractivity contribution in [3.05, 3.63) is 0 Å². The molecule has 0 bridgehead atoms. The third-order valence-corrected chi connectivity index (χ3v) is 10.9. The predicted molar refractivity (Wildman–Crippen MR) is 133 cm³/mol. The molecule has 0 aliphatic heterocycles. The fourth-order valence-corrected chi connectivity index (χ4v) is 8.77. The number of hydrogen-bond acceptors (Lipinski definition) is 7. The number of rotatable bonds is 8. The van der Waals surface area contributed by atoms with Crippen molar-refractivity contribution in [3.8, 4) is 0 Å². The SMILES string of the molecule is COC(=O)CC[C@@H](C)[C@H]1CC[C@H]2[C@H]3C(=O)C[C@@H]4C[C@H](OC(=O)CCC(=O)O)CC[C@]4(C)[C@@H]3CC(=O)[C@]12C. The van der Waals surface area contributed by atoms with Gasteiger partial charge in [0.15, 0.2) is 0 Å². The van der Waals surface area contributed by atoms with Gasteiger partial charge in [-0.3, -0.25) is 24.0 Å². The van der Waals surface area contributed by atoms with E-state index in [1.54, 1.807) is 0 Å². The topological polar surface area (TPSA) is 124 Å². The summed E-state index contributed by atoms with van der Waals surface area (Å²) in [6, 6.07) is 0. The van der Waals surface area contributed by atoms with E-state index < -0.39 is 17.4 Å². The van der Waals surface area contributed by atoms with Crippen molar-refractivity contribution in [3.63, 3.8) is 0 Å². The van der Waals surface area contributed by atoms with Crippen LogP contribution in [0.3, 0.4) is 0 Å². The summed E-state index contributed by atoms with van der Waals surface area (Å²) in [5.74, 6) is -0.893. The van der Waals surface area contributed by atoms with Crippen molar-refractivity contribution in [2.24, 2.45) is 46.3 Å². The lowest BCUT2D eigenvalue weighted by atomic mass is 9.43. The lowest BCUT2D eigenvalue weighted by Crippen LogP contribution is -2.60. The Morgan fingerprint density at radius 3 is 2.41 bits per heavy atom. The van der Waals surface area contributed by atoms with Crippen molar-refractivity contribution in [2.75, 3.05) is 7.11 Å². The van der Waals surface area contributed by atoms with Crippen molar-refractivity contribution in [1.29, 1.82) is 0 Å². The molecule has 0 unspecified atom stereocenters. The fraction of sp³-hybridized carbons (Fsp3) is 0.828. The van der Waals surface area contributed by atoms with Gasteiger partial charge in [0.25, 0.3) is 0 Å². The van der Waals surface area contributed by atoms with E-state index in [0.29, 0.717) is 38.5 Å². The number of ether oxygens (including phenoxy) is 2. The van der Waals surface area contributed by atoms with Gasteiger partial charge in [-0.25, -0.2) is 0 Å². The second-order valence-electron chi connectivity index (χ2n) is 12.6. The number of carboxylic acids is 1. The Bertz CT molecular complexity index is 958. The molecule has 4 fully saturated rings. The van der Waals surface area contributed by atoms with E-state index in [1.807, 2.05) is 0 Å². The fourth-order valence-electron chi connectivity index (χ4n) is 8.77. The first-order chi connectivity index (χ1) is 17.4. The van der Waals surface area contributed by atoms with Gasteiger partial charge in [-0.1, -0.05) is 20.8 Å². The normalized spacial score (nSPS) is 39.7. The van der Waals surface area contributed by atoms with Gasteiger partial charge in [0.1, 0.15) is 17.7 Å². The summed E-state index contributed by atoms with van der Waals surface area (Å²) in [7, 11) is 1.39. The minimum atomic E-state index is -1.03. The lowest BCUT2D eigenvalue weighted by molar-refractivity contribution is -0.173. The monoisotopic (exact) mass is 518 g/mol. The molecule has 4 saturated carbocycles. The average molecular weight is 519 g/mol. The summed E-state index contributed by atoms with van der Waals surface area (Å²) >= 11 is 0. The molecule has 0 spiro atoms. The molecule has 8 nitrogen and oxygen atoms in total. The number of fused-ring (bicyclic) bond motifs is 5. The molecule has 1 N–H and O–H groups in total. The zero-order valence-corrected chi connectivity index (χ0v) is 22.6. The van der Waals surface area contributed by atoms with Gasteiger partial charge >= 0.3 is 17.9 Å². The highest BCUT2D eigenvalue weighted by Crippen LogP contribution is 2.66. The van der Waals surface area contributed by atoms with Crippen LogP contribution < -0.4 is 0 Å². The predicted octanol–water partition coefficient (Wildman–Crippen LogP) is 4.37. The van der Waals surface area contributed by atoms with Gasteiger partial charge in [-0.2, -0.15) is 0 Å². The van der Waals surface area contributed by atoms with Gasteiger partial charge in [-0.15, -0.1) is 0 Å². The Hall–Kier alpha value is -2.25. The number of ketones is 2. The average Bonchev–Trinajstić information content (AvgIpc) is 3.21. The molecule has 0 aromatic rings. The van der Waals surface area contributed by atoms with Crippen LogP contribution in [0.2, 0.25) is 0 Å². The third-order valence-electron chi connectivity index (χ3n) is 10.9. The highest BCUT2D eigenvalue weighted by molar-refractivity contribution is 5.92. The van der Waals surface area contributed by atoms with Gasteiger partial charge in [0, 0.05) is 30.6 Å². The highest BCUT2D eigenvalue weighted by atomic mass is 16.5. The van der Waals surface area contributed by atoms with E-state index in [1.165, 1.54) is 7.11 Å². The Labute approximate surface area is 219 Å². The van der Waals surface area contributed by atoms with E-state index in [2.05, 4.69) is 20.8 Å². The maximum atomic E-state index is 13.9. The van der Waals surface area contributed by atoms with Crippen LogP contribution in [0.1, 0.15) is 91.4 Å². The number of aliphatic carboxylic acids is 1. The molecule has 4 aliphatic carbocycles. The number of methoxy groups -OCH3 is 1.